The molecule has 0 aromatic heterocycles. The van der Waals surface area contributed by atoms with Gasteiger partial charge in [0.1, 0.15) is 0 Å². The molecule has 0 saturated heterocycles. The summed E-state index contributed by atoms with van der Waals surface area (Å²) in [5, 5.41) is 0. The molecule has 0 aliphatic carbocycles. The predicted molar refractivity (Wildman–Crippen MR) is 46.7 cm³/mol. The van der Waals surface area contributed by atoms with Crippen molar-refractivity contribution in [3.05, 3.63) is 36.5 Å². The van der Waals surface area contributed by atoms with Crippen LogP contribution < -0.4 is 5.73 Å². The highest BCUT2D eigenvalue weighted by molar-refractivity contribution is 5.24. The summed E-state index contributed by atoms with van der Waals surface area (Å²) in [4.78, 5) is 0. The van der Waals surface area contributed by atoms with Gasteiger partial charge < -0.3 is 5.73 Å². The monoisotopic (exact) mass is 137 g/mol. The molecule has 0 aromatic carbocycles. The highest BCUT2D eigenvalue weighted by Gasteiger charge is 1.94. The Kier molecular flexibility index (Phi) is 4.59. The quantitative estimate of drug-likeness (QED) is 0.592. The lowest BCUT2D eigenvalue weighted by Crippen LogP contribution is -2.16. The Labute approximate surface area is 62.9 Å². The molecule has 1 heteroatoms. The summed E-state index contributed by atoms with van der Waals surface area (Å²) in [5.74, 6) is 0. The Morgan fingerprint density at radius 1 is 1.60 bits per heavy atom. The van der Waals surface area contributed by atoms with Gasteiger partial charge in [-0.3, -0.25) is 0 Å². The number of nitrogens with two attached hydrogens (primary N) is 1. The second-order valence-corrected chi connectivity index (χ2v) is 2.17. The third-order valence-corrected chi connectivity index (χ3v) is 1.28. The van der Waals surface area contributed by atoms with E-state index < -0.39 is 0 Å². The first kappa shape index (κ1) is 9.18. The number of allylic oxidation sites excluding steroid dienone is 3. The van der Waals surface area contributed by atoms with Crippen molar-refractivity contribution < 1.29 is 0 Å². The van der Waals surface area contributed by atoms with Crippen LogP contribution in [0.3, 0.4) is 0 Å². The predicted octanol–water partition coefficient (Wildman–Crippen LogP) is 2.02. The Balaban J connectivity index is 4.10. The van der Waals surface area contributed by atoms with Crippen LogP contribution in [0.5, 0.6) is 0 Å². The molecule has 1 nitrogen and oxygen atoms in total. The Bertz CT molecular complexity index is 152. The van der Waals surface area contributed by atoms with Gasteiger partial charge in [0.25, 0.3) is 0 Å². The van der Waals surface area contributed by atoms with Gasteiger partial charge in [0.15, 0.2) is 0 Å². The van der Waals surface area contributed by atoms with Gasteiger partial charge in [-0.15, -0.1) is 0 Å². The molecular weight excluding hydrogens is 122 g/mol. The van der Waals surface area contributed by atoms with Crippen molar-refractivity contribution in [3.8, 4) is 0 Å². The molecule has 0 unspecified atom stereocenters. The maximum absolute atomic E-state index is 5.63. The van der Waals surface area contributed by atoms with Gasteiger partial charge in [-0.1, -0.05) is 30.9 Å². The lowest BCUT2D eigenvalue weighted by atomic mass is 10.1. The molecule has 0 bridgehead atoms. The standard InChI is InChI=1S/C9H15N/c1-4-6-7-9(5-2)8(3)10/h4-8H,1,10H2,2-3H3/b7-6-,9-5+/t8-/m1/s1. The zero-order valence-electron chi connectivity index (χ0n) is 6.67. The summed E-state index contributed by atoms with van der Waals surface area (Å²) in [6, 6.07) is 0.112. The molecule has 0 rings (SSSR count). The molecule has 0 aromatic rings. The second kappa shape index (κ2) is 5.00. The topological polar surface area (TPSA) is 26.0 Å². The molecule has 0 aliphatic heterocycles. The van der Waals surface area contributed by atoms with Gasteiger partial charge in [0.05, 0.1) is 0 Å². The van der Waals surface area contributed by atoms with Crippen molar-refractivity contribution >= 4 is 0 Å². The van der Waals surface area contributed by atoms with E-state index in [0.717, 1.165) is 5.57 Å². The lowest BCUT2D eigenvalue weighted by Gasteiger charge is -2.03. The molecule has 2 N–H and O–H groups in total. The smallest absolute Gasteiger partial charge is 0.0262 e. The zero-order chi connectivity index (χ0) is 7.98. The van der Waals surface area contributed by atoms with Gasteiger partial charge in [-0.2, -0.15) is 0 Å². The van der Waals surface area contributed by atoms with Gasteiger partial charge in [-0.25, -0.2) is 0 Å². The SMILES string of the molecule is C=C/C=C\C(=C/C)[C@@H](C)N. The highest BCUT2D eigenvalue weighted by atomic mass is 14.6. The van der Waals surface area contributed by atoms with E-state index in [0.29, 0.717) is 0 Å². The van der Waals surface area contributed by atoms with Gasteiger partial charge >= 0.3 is 0 Å². The van der Waals surface area contributed by atoms with E-state index in [1.165, 1.54) is 0 Å². The van der Waals surface area contributed by atoms with Crippen molar-refractivity contribution in [2.45, 2.75) is 19.9 Å². The molecule has 0 radical (unpaired) electrons. The van der Waals surface area contributed by atoms with E-state index in [-0.39, 0.29) is 6.04 Å². The largest absolute Gasteiger partial charge is 0.324 e. The summed E-state index contributed by atoms with van der Waals surface area (Å²) in [6.45, 7) is 7.51. The van der Waals surface area contributed by atoms with E-state index in [1.807, 2.05) is 32.1 Å². The summed E-state index contributed by atoms with van der Waals surface area (Å²) >= 11 is 0. The fraction of sp³-hybridized carbons (Fsp3) is 0.333. The average Bonchev–Trinajstić information content (AvgIpc) is 1.89. The molecule has 0 fully saturated rings. The molecule has 10 heavy (non-hydrogen) atoms. The normalized spacial score (nSPS) is 15.7. The van der Waals surface area contributed by atoms with E-state index in [2.05, 4.69) is 6.58 Å². The van der Waals surface area contributed by atoms with Gasteiger partial charge in [0.2, 0.25) is 0 Å². The van der Waals surface area contributed by atoms with E-state index in [1.54, 1.807) is 6.08 Å². The molecule has 0 heterocycles. The van der Waals surface area contributed by atoms with Gasteiger partial charge in [0, 0.05) is 6.04 Å². The van der Waals surface area contributed by atoms with Crippen molar-refractivity contribution in [2.75, 3.05) is 0 Å². The Morgan fingerprint density at radius 2 is 2.20 bits per heavy atom. The van der Waals surface area contributed by atoms with Crippen LogP contribution in [0, 0.1) is 0 Å². The molecular formula is C9H15N. The highest BCUT2D eigenvalue weighted by Crippen LogP contribution is 2.00. The van der Waals surface area contributed by atoms with Gasteiger partial charge in [-0.05, 0) is 19.4 Å². The number of hydrogen-bond acceptors (Lipinski definition) is 1. The summed E-state index contributed by atoms with van der Waals surface area (Å²) < 4.78 is 0. The first-order valence-corrected chi connectivity index (χ1v) is 3.43. The molecule has 0 saturated carbocycles. The van der Waals surface area contributed by atoms with Crippen LogP contribution >= 0.6 is 0 Å². The van der Waals surface area contributed by atoms with E-state index >= 15 is 0 Å². The fourth-order valence-electron chi connectivity index (χ4n) is 0.690. The van der Waals surface area contributed by atoms with Crippen molar-refractivity contribution in [3.63, 3.8) is 0 Å². The maximum atomic E-state index is 5.63. The van der Waals surface area contributed by atoms with Crippen LogP contribution in [-0.2, 0) is 0 Å². The summed E-state index contributed by atoms with van der Waals surface area (Å²) in [6.07, 6.45) is 7.60. The third kappa shape index (κ3) is 3.25. The van der Waals surface area contributed by atoms with E-state index in [9.17, 15) is 0 Å². The van der Waals surface area contributed by atoms with Crippen LogP contribution in [-0.4, -0.2) is 6.04 Å². The van der Waals surface area contributed by atoms with Crippen molar-refractivity contribution in [1.82, 2.24) is 0 Å². The van der Waals surface area contributed by atoms with Crippen LogP contribution in [0.4, 0.5) is 0 Å². The van der Waals surface area contributed by atoms with E-state index in [4.69, 9.17) is 5.73 Å². The Hall–Kier alpha value is -0.820. The molecule has 0 aliphatic rings. The van der Waals surface area contributed by atoms with Crippen LogP contribution in [0.2, 0.25) is 0 Å². The Morgan fingerprint density at radius 3 is 2.50 bits per heavy atom. The lowest BCUT2D eigenvalue weighted by molar-refractivity contribution is 0.883. The summed E-state index contributed by atoms with van der Waals surface area (Å²) in [7, 11) is 0. The first-order valence-electron chi connectivity index (χ1n) is 3.43. The summed E-state index contributed by atoms with van der Waals surface area (Å²) in [5.41, 5.74) is 6.77. The fourth-order valence-corrected chi connectivity index (χ4v) is 0.690. The maximum Gasteiger partial charge on any atom is 0.0262 e. The number of hydrogen-bond donors (Lipinski definition) is 1. The van der Waals surface area contributed by atoms with Crippen LogP contribution in [0.1, 0.15) is 13.8 Å². The molecule has 0 spiro atoms. The van der Waals surface area contributed by atoms with Crippen molar-refractivity contribution in [2.24, 2.45) is 5.73 Å². The minimum absolute atomic E-state index is 0.112. The first-order chi connectivity index (χ1) is 4.72. The minimum Gasteiger partial charge on any atom is -0.324 e. The molecule has 56 valence electrons. The minimum atomic E-state index is 0.112. The van der Waals surface area contributed by atoms with Crippen LogP contribution in [0.15, 0.2) is 36.5 Å². The molecule has 1 atom stereocenters. The third-order valence-electron chi connectivity index (χ3n) is 1.28. The molecule has 0 amide bonds. The van der Waals surface area contributed by atoms with Crippen LogP contribution in [0.25, 0.3) is 0 Å². The average molecular weight is 137 g/mol. The van der Waals surface area contributed by atoms with Crippen molar-refractivity contribution in [1.29, 1.82) is 0 Å². The zero-order valence-corrected chi connectivity index (χ0v) is 6.67. The second-order valence-electron chi connectivity index (χ2n) is 2.17. The number of rotatable bonds is 3.